The molecule has 1 aromatic carbocycles. The molecule has 1 heterocycles. The molecule has 2 aliphatic rings. The summed E-state index contributed by atoms with van der Waals surface area (Å²) in [7, 11) is 1.65. The molecule has 4 heteroatoms. The second-order valence-electron chi connectivity index (χ2n) is 6.13. The van der Waals surface area contributed by atoms with Gasteiger partial charge >= 0.3 is 0 Å². The van der Waals surface area contributed by atoms with E-state index < -0.39 is 0 Å². The van der Waals surface area contributed by atoms with E-state index in [0.717, 1.165) is 37.0 Å². The van der Waals surface area contributed by atoms with Gasteiger partial charge in [0.2, 0.25) is 5.91 Å². The van der Waals surface area contributed by atoms with Gasteiger partial charge in [-0.05, 0) is 43.0 Å². The van der Waals surface area contributed by atoms with Crippen LogP contribution in [0.5, 0.6) is 5.75 Å². The minimum absolute atomic E-state index is 0.212. The van der Waals surface area contributed by atoms with Crippen LogP contribution >= 0.6 is 0 Å². The van der Waals surface area contributed by atoms with E-state index in [9.17, 15) is 4.79 Å². The highest BCUT2D eigenvalue weighted by Crippen LogP contribution is 2.26. The summed E-state index contributed by atoms with van der Waals surface area (Å²) in [4.78, 5) is 16.6. The van der Waals surface area contributed by atoms with E-state index in [1.165, 1.54) is 25.7 Å². The molecule has 0 radical (unpaired) electrons. The summed E-state index contributed by atoms with van der Waals surface area (Å²) in [5.74, 6) is 1.85. The SMILES string of the molecule is COc1ccc(N2CCN(CC3CCCC3)CC2=O)cc1. The summed E-state index contributed by atoms with van der Waals surface area (Å²) in [6, 6.07) is 7.74. The van der Waals surface area contributed by atoms with Crippen LogP contribution in [-0.2, 0) is 4.79 Å². The second kappa shape index (κ2) is 6.48. The number of anilines is 1. The molecular weight excluding hydrogens is 264 g/mol. The molecule has 1 saturated carbocycles. The zero-order valence-electron chi connectivity index (χ0n) is 12.8. The van der Waals surface area contributed by atoms with E-state index >= 15 is 0 Å². The first kappa shape index (κ1) is 14.4. The number of nitrogens with zero attached hydrogens (tertiary/aromatic N) is 2. The van der Waals surface area contributed by atoms with Crippen LogP contribution in [0, 0.1) is 5.92 Å². The molecule has 1 amide bonds. The first-order valence-electron chi connectivity index (χ1n) is 7.93. The predicted molar refractivity (Wildman–Crippen MR) is 83.7 cm³/mol. The average molecular weight is 288 g/mol. The Morgan fingerprint density at radius 1 is 1.14 bits per heavy atom. The van der Waals surface area contributed by atoms with Gasteiger partial charge in [0.05, 0.1) is 13.7 Å². The van der Waals surface area contributed by atoms with Gasteiger partial charge in [0.1, 0.15) is 5.75 Å². The van der Waals surface area contributed by atoms with Gasteiger partial charge < -0.3 is 9.64 Å². The molecule has 114 valence electrons. The molecule has 1 aliphatic heterocycles. The van der Waals surface area contributed by atoms with Crippen molar-refractivity contribution in [1.82, 2.24) is 4.90 Å². The lowest BCUT2D eigenvalue weighted by atomic mass is 10.1. The van der Waals surface area contributed by atoms with Crippen molar-refractivity contribution in [3.63, 3.8) is 0 Å². The summed E-state index contributed by atoms with van der Waals surface area (Å²) in [5.41, 5.74) is 0.973. The number of amides is 1. The highest BCUT2D eigenvalue weighted by Gasteiger charge is 2.27. The van der Waals surface area contributed by atoms with Gasteiger partial charge in [-0.3, -0.25) is 9.69 Å². The van der Waals surface area contributed by atoms with E-state index in [1.807, 2.05) is 29.2 Å². The lowest BCUT2D eigenvalue weighted by molar-refractivity contribution is -0.121. The molecule has 4 nitrogen and oxygen atoms in total. The van der Waals surface area contributed by atoms with Crippen molar-refractivity contribution in [2.24, 2.45) is 5.92 Å². The lowest BCUT2D eigenvalue weighted by Gasteiger charge is -2.35. The number of carbonyl (C=O) groups is 1. The molecule has 0 bridgehead atoms. The Hall–Kier alpha value is -1.55. The number of ether oxygens (including phenoxy) is 1. The smallest absolute Gasteiger partial charge is 0.241 e. The molecule has 1 aliphatic carbocycles. The van der Waals surface area contributed by atoms with E-state index in [-0.39, 0.29) is 5.91 Å². The number of methoxy groups -OCH3 is 1. The summed E-state index contributed by atoms with van der Waals surface area (Å²) in [6.07, 6.45) is 5.41. The normalized spacial score (nSPS) is 21.0. The Kier molecular flexibility index (Phi) is 4.44. The monoisotopic (exact) mass is 288 g/mol. The van der Waals surface area contributed by atoms with Gasteiger partial charge in [0.25, 0.3) is 0 Å². The van der Waals surface area contributed by atoms with Crippen molar-refractivity contribution in [2.45, 2.75) is 25.7 Å². The lowest BCUT2D eigenvalue weighted by Crippen LogP contribution is -2.51. The third-order valence-corrected chi connectivity index (χ3v) is 4.67. The minimum atomic E-state index is 0.212. The van der Waals surface area contributed by atoms with Gasteiger partial charge in [0.15, 0.2) is 0 Å². The van der Waals surface area contributed by atoms with Gasteiger partial charge in [-0.25, -0.2) is 0 Å². The van der Waals surface area contributed by atoms with Crippen molar-refractivity contribution in [3.8, 4) is 5.75 Å². The topological polar surface area (TPSA) is 32.8 Å². The summed E-state index contributed by atoms with van der Waals surface area (Å²) >= 11 is 0. The van der Waals surface area contributed by atoms with Crippen LogP contribution in [-0.4, -0.2) is 44.1 Å². The largest absolute Gasteiger partial charge is 0.497 e. The van der Waals surface area contributed by atoms with Crippen LogP contribution in [0.3, 0.4) is 0 Å². The van der Waals surface area contributed by atoms with Gasteiger partial charge in [-0.1, -0.05) is 12.8 Å². The van der Waals surface area contributed by atoms with Gasteiger partial charge in [0, 0.05) is 25.3 Å². The fraction of sp³-hybridized carbons (Fsp3) is 0.588. The fourth-order valence-electron chi connectivity index (χ4n) is 3.47. The van der Waals surface area contributed by atoms with Crippen molar-refractivity contribution in [2.75, 3.05) is 38.2 Å². The van der Waals surface area contributed by atoms with E-state index in [2.05, 4.69) is 4.90 Å². The van der Waals surface area contributed by atoms with Crippen LogP contribution in [0.1, 0.15) is 25.7 Å². The highest BCUT2D eigenvalue weighted by molar-refractivity contribution is 5.95. The zero-order chi connectivity index (χ0) is 14.7. The van der Waals surface area contributed by atoms with Crippen molar-refractivity contribution >= 4 is 11.6 Å². The third-order valence-electron chi connectivity index (χ3n) is 4.67. The molecule has 0 atom stereocenters. The van der Waals surface area contributed by atoms with Crippen LogP contribution in [0.25, 0.3) is 0 Å². The zero-order valence-corrected chi connectivity index (χ0v) is 12.8. The molecule has 3 rings (SSSR count). The molecule has 1 aromatic rings. The fourth-order valence-corrected chi connectivity index (χ4v) is 3.47. The summed E-state index contributed by atoms with van der Waals surface area (Å²) in [5, 5.41) is 0. The second-order valence-corrected chi connectivity index (χ2v) is 6.13. The Labute approximate surface area is 126 Å². The molecule has 1 saturated heterocycles. The number of hydrogen-bond acceptors (Lipinski definition) is 3. The Bertz CT molecular complexity index is 480. The van der Waals surface area contributed by atoms with Crippen LogP contribution < -0.4 is 9.64 Å². The minimum Gasteiger partial charge on any atom is -0.497 e. The van der Waals surface area contributed by atoms with E-state index in [0.29, 0.717) is 6.54 Å². The van der Waals surface area contributed by atoms with Crippen LogP contribution in [0.4, 0.5) is 5.69 Å². The maximum Gasteiger partial charge on any atom is 0.241 e. The van der Waals surface area contributed by atoms with Crippen LogP contribution in [0.2, 0.25) is 0 Å². The number of carbonyl (C=O) groups excluding carboxylic acids is 1. The summed E-state index contributed by atoms with van der Waals surface area (Å²) in [6.45, 7) is 3.43. The molecular formula is C17H24N2O2. The summed E-state index contributed by atoms with van der Waals surface area (Å²) < 4.78 is 5.16. The molecule has 0 aromatic heterocycles. The van der Waals surface area contributed by atoms with Crippen molar-refractivity contribution in [3.05, 3.63) is 24.3 Å². The standard InChI is InChI=1S/C17H24N2O2/c1-21-16-8-6-15(7-9-16)19-11-10-18(13-17(19)20)12-14-4-2-3-5-14/h6-9,14H,2-5,10-13H2,1H3. The van der Waals surface area contributed by atoms with E-state index in [4.69, 9.17) is 4.74 Å². The molecule has 21 heavy (non-hydrogen) atoms. The highest BCUT2D eigenvalue weighted by atomic mass is 16.5. The predicted octanol–water partition coefficient (Wildman–Crippen LogP) is 2.53. The number of piperazine rings is 1. The molecule has 0 N–H and O–H groups in total. The van der Waals surface area contributed by atoms with Crippen molar-refractivity contribution in [1.29, 1.82) is 0 Å². The van der Waals surface area contributed by atoms with Crippen LogP contribution in [0.15, 0.2) is 24.3 Å². The molecule has 0 spiro atoms. The number of rotatable bonds is 4. The van der Waals surface area contributed by atoms with Gasteiger partial charge in [-0.2, -0.15) is 0 Å². The first-order valence-corrected chi connectivity index (χ1v) is 7.93. The van der Waals surface area contributed by atoms with Gasteiger partial charge in [-0.15, -0.1) is 0 Å². The first-order chi connectivity index (χ1) is 10.3. The molecule has 0 unspecified atom stereocenters. The quantitative estimate of drug-likeness (QED) is 0.853. The third kappa shape index (κ3) is 3.38. The average Bonchev–Trinajstić information content (AvgIpc) is 3.01. The number of hydrogen-bond donors (Lipinski definition) is 0. The Morgan fingerprint density at radius 3 is 2.48 bits per heavy atom. The van der Waals surface area contributed by atoms with Crippen molar-refractivity contribution < 1.29 is 9.53 Å². The maximum atomic E-state index is 12.4. The van der Waals surface area contributed by atoms with E-state index in [1.54, 1.807) is 7.11 Å². The number of benzene rings is 1. The molecule has 2 fully saturated rings. The Balaban J connectivity index is 1.58. The Morgan fingerprint density at radius 2 is 1.86 bits per heavy atom. The maximum absolute atomic E-state index is 12.4.